The number of halogens is 2. The number of rotatable bonds is 8. The Labute approximate surface area is 220 Å². The van der Waals surface area contributed by atoms with E-state index in [2.05, 4.69) is 10.3 Å². The summed E-state index contributed by atoms with van der Waals surface area (Å²) in [4.78, 5) is 31.4. The number of carbonyl (C=O) groups excluding carboxylic acids is 2. The molecule has 0 saturated carbocycles. The first-order valence-electron chi connectivity index (χ1n) is 12.2. The summed E-state index contributed by atoms with van der Waals surface area (Å²) >= 11 is 6.61. The lowest BCUT2D eigenvalue weighted by atomic mass is 10.0. The van der Waals surface area contributed by atoms with Crippen LogP contribution in [0.1, 0.15) is 42.5 Å². The van der Waals surface area contributed by atoms with Gasteiger partial charge in [-0.1, -0.05) is 41.9 Å². The third kappa shape index (κ3) is 6.26. The number of esters is 1. The lowest BCUT2D eigenvalue weighted by Gasteiger charge is -2.27. The minimum Gasteiger partial charge on any atom is -0.488 e. The van der Waals surface area contributed by atoms with Crippen LogP contribution in [0.5, 0.6) is 5.75 Å². The van der Waals surface area contributed by atoms with E-state index >= 15 is 4.39 Å². The van der Waals surface area contributed by atoms with Crippen molar-refractivity contribution in [3.05, 3.63) is 76.3 Å². The lowest BCUT2D eigenvalue weighted by molar-refractivity contribution is -0.144. The van der Waals surface area contributed by atoms with Crippen molar-refractivity contribution < 1.29 is 23.5 Å². The van der Waals surface area contributed by atoms with Gasteiger partial charge < -0.3 is 14.8 Å². The number of nitrogens with zero attached hydrogens (tertiary/aromatic N) is 2. The highest BCUT2D eigenvalue weighted by Gasteiger charge is 2.22. The quantitative estimate of drug-likeness (QED) is 0.391. The van der Waals surface area contributed by atoms with E-state index in [1.54, 1.807) is 49.4 Å². The molecular formula is C28H29ClFN3O4. The minimum absolute atomic E-state index is 0.136. The van der Waals surface area contributed by atoms with Crippen LogP contribution >= 0.6 is 11.6 Å². The first kappa shape index (κ1) is 26.6. The molecule has 0 fully saturated rings. The molecule has 0 aliphatic carbocycles. The number of benzene rings is 2. The lowest BCUT2D eigenvalue weighted by Crippen LogP contribution is -2.36. The molecule has 0 bridgehead atoms. The highest BCUT2D eigenvalue weighted by molar-refractivity contribution is 6.36. The Hall–Kier alpha value is -3.49. The van der Waals surface area contributed by atoms with Gasteiger partial charge in [-0.05, 0) is 44.5 Å². The van der Waals surface area contributed by atoms with E-state index in [1.165, 1.54) is 0 Å². The standard InChI is InChI=1S/C28H29ClFN3O4/c1-4-36-25(34)16-33-14-13-21-18(15-33)11-12-23(31-21)28(35)32-22-9-5-7-19(26(22)29)20-8-6-10-24(27(20)30)37-17(2)3/h5-12,17H,4,13-16H2,1-3H3,(H,32,35). The molecule has 7 nitrogen and oxygen atoms in total. The van der Waals surface area contributed by atoms with E-state index in [4.69, 9.17) is 21.1 Å². The zero-order valence-electron chi connectivity index (χ0n) is 21.0. The second kappa shape index (κ2) is 11.7. The predicted octanol–water partition coefficient (Wildman–Crippen LogP) is 5.50. The fourth-order valence-corrected chi connectivity index (χ4v) is 4.49. The van der Waals surface area contributed by atoms with Gasteiger partial charge in [0.1, 0.15) is 5.69 Å². The number of hydrogen-bond donors (Lipinski definition) is 1. The minimum atomic E-state index is -0.519. The molecule has 2 aromatic carbocycles. The number of nitrogens with one attached hydrogen (secondary N) is 1. The molecule has 0 unspecified atom stereocenters. The van der Waals surface area contributed by atoms with Gasteiger partial charge in [0.05, 0.1) is 30.0 Å². The summed E-state index contributed by atoms with van der Waals surface area (Å²) in [5, 5.41) is 3.01. The normalized spacial score (nSPS) is 13.2. The summed E-state index contributed by atoms with van der Waals surface area (Å²) in [6, 6.07) is 13.4. The van der Waals surface area contributed by atoms with E-state index in [-0.39, 0.29) is 40.6 Å². The number of pyridine rings is 1. The van der Waals surface area contributed by atoms with Crippen LogP contribution in [0.2, 0.25) is 5.02 Å². The molecule has 1 aliphatic heterocycles. The summed E-state index contributed by atoms with van der Waals surface area (Å²) in [5.41, 5.74) is 3.09. The molecule has 0 spiro atoms. The zero-order valence-corrected chi connectivity index (χ0v) is 21.8. The van der Waals surface area contributed by atoms with Crippen molar-refractivity contribution in [2.24, 2.45) is 0 Å². The fourth-order valence-electron chi connectivity index (χ4n) is 4.21. The van der Waals surface area contributed by atoms with Gasteiger partial charge in [0.25, 0.3) is 5.91 Å². The SMILES string of the molecule is CCOC(=O)CN1CCc2nc(C(=O)Nc3cccc(-c4cccc(OC(C)C)c4F)c3Cl)ccc2C1. The monoisotopic (exact) mass is 525 g/mol. The van der Waals surface area contributed by atoms with E-state index in [1.807, 2.05) is 24.8 Å². The maximum atomic E-state index is 15.1. The van der Waals surface area contributed by atoms with Crippen LogP contribution in [0.25, 0.3) is 11.1 Å². The van der Waals surface area contributed by atoms with Gasteiger partial charge in [0.2, 0.25) is 0 Å². The number of carbonyl (C=O) groups is 2. The topological polar surface area (TPSA) is 80.8 Å². The summed E-state index contributed by atoms with van der Waals surface area (Å²) in [6.07, 6.45) is 0.427. The van der Waals surface area contributed by atoms with Crippen LogP contribution in [-0.2, 0) is 22.5 Å². The molecule has 1 amide bonds. The third-order valence-corrected chi connectivity index (χ3v) is 6.29. The van der Waals surface area contributed by atoms with Gasteiger partial charge in [-0.2, -0.15) is 0 Å². The Bertz CT molecular complexity index is 1310. The van der Waals surface area contributed by atoms with Crippen LogP contribution in [0.15, 0.2) is 48.5 Å². The number of anilines is 1. The van der Waals surface area contributed by atoms with Crippen LogP contribution < -0.4 is 10.1 Å². The number of amides is 1. The fraction of sp³-hybridized carbons (Fsp3) is 0.321. The summed E-state index contributed by atoms with van der Waals surface area (Å²) in [7, 11) is 0. The van der Waals surface area contributed by atoms with Gasteiger partial charge in [-0.3, -0.25) is 14.5 Å². The highest BCUT2D eigenvalue weighted by atomic mass is 35.5. The first-order chi connectivity index (χ1) is 17.8. The highest BCUT2D eigenvalue weighted by Crippen LogP contribution is 2.37. The molecule has 0 radical (unpaired) electrons. The largest absolute Gasteiger partial charge is 0.488 e. The van der Waals surface area contributed by atoms with Gasteiger partial charge in [-0.15, -0.1) is 0 Å². The zero-order chi connectivity index (χ0) is 26.5. The van der Waals surface area contributed by atoms with Crippen molar-refractivity contribution >= 4 is 29.2 Å². The van der Waals surface area contributed by atoms with Gasteiger partial charge >= 0.3 is 5.97 Å². The smallest absolute Gasteiger partial charge is 0.320 e. The Morgan fingerprint density at radius 3 is 2.65 bits per heavy atom. The molecule has 37 heavy (non-hydrogen) atoms. The summed E-state index contributed by atoms with van der Waals surface area (Å²) < 4.78 is 25.7. The Morgan fingerprint density at radius 1 is 1.14 bits per heavy atom. The molecular weight excluding hydrogens is 497 g/mol. The van der Waals surface area contributed by atoms with Gasteiger partial charge in [0.15, 0.2) is 11.6 Å². The first-order valence-corrected chi connectivity index (χ1v) is 12.6. The average Bonchev–Trinajstić information content (AvgIpc) is 2.86. The van der Waals surface area contributed by atoms with Crippen molar-refractivity contribution in [3.8, 4) is 16.9 Å². The van der Waals surface area contributed by atoms with Crippen molar-refractivity contribution in [2.75, 3.05) is 25.0 Å². The number of ether oxygens (including phenoxy) is 2. The van der Waals surface area contributed by atoms with E-state index in [0.717, 1.165) is 11.3 Å². The second-order valence-electron chi connectivity index (χ2n) is 8.97. The molecule has 2 heterocycles. The molecule has 4 rings (SSSR count). The molecule has 1 aromatic heterocycles. The summed E-state index contributed by atoms with van der Waals surface area (Å²) in [5.74, 6) is -1.06. The third-order valence-electron chi connectivity index (χ3n) is 5.88. The maximum absolute atomic E-state index is 15.1. The Kier molecular flexibility index (Phi) is 8.41. The number of fused-ring (bicyclic) bond motifs is 1. The Morgan fingerprint density at radius 2 is 1.89 bits per heavy atom. The van der Waals surface area contributed by atoms with E-state index in [9.17, 15) is 9.59 Å². The van der Waals surface area contributed by atoms with Crippen molar-refractivity contribution in [1.82, 2.24) is 9.88 Å². The van der Waals surface area contributed by atoms with Crippen molar-refractivity contribution in [2.45, 2.75) is 39.8 Å². The summed E-state index contributed by atoms with van der Waals surface area (Å²) in [6.45, 7) is 7.20. The van der Waals surface area contributed by atoms with Crippen molar-refractivity contribution in [1.29, 1.82) is 0 Å². The molecule has 1 aliphatic rings. The van der Waals surface area contributed by atoms with E-state index in [0.29, 0.717) is 37.4 Å². The predicted molar refractivity (Wildman–Crippen MR) is 140 cm³/mol. The maximum Gasteiger partial charge on any atom is 0.320 e. The van der Waals surface area contributed by atoms with Crippen LogP contribution in [0.3, 0.4) is 0 Å². The van der Waals surface area contributed by atoms with Crippen LogP contribution in [-0.4, -0.2) is 47.6 Å². The van der Waals surface area contributed by atoms with E-state index < -0.39 is 11.7 Å². The molecule has 194 valence electrons. The molecule has 0 saturated heterocycles. The second-order valence-corrected chi connectivity index (χ2v) is 9.35. The molecule has 9 heteroatoms. The molecule has 1 N–H and O–H groups in total. The molecule has 3 aromatic rings. The average molecular weight is 526 g/mol. The number of hydrogen-bond acceptors (Lipinski definition) is 6. The van der Waals surface area contributed by atoms with Crippen molar-refractivity contribution in [3.63, 3.8) is 0 Å². The van der Waals surface area contributed by atoms with Crippen LogP contribution in [0, 0.1) is 5.82 Å². The van der Waals surface area contributed by atoms with Crippen LogP contribution in [0.4, 0.5) is 10.1 Å². The molecule has 0 atom stereocenters. The number of aromatic nitrogens is 1. The Balaban J connectivity index is 1.51. The van der Waals surface area contributed by atoms with Gasteiger partial charge in [-0.25, -0.2) is 9.37 Å². The van der Waals surface area contributed by atoms with Gasteiger partial charge in [0, 0.05) is 36.3 Å².